The standard InChI is InChI=1S/C43H45N5O6S2/c1-28(49)47-32-18-19-33(47)25-43(24-32)39-36(45(2)42(43)50)26-44-41-38(39)37(30-10-6-4-7-11-30)40(48(41)56(53,54)35-12-8-5-9-13-35)31-16-14-29(15-17-31)27-46-22-20-34(21-23-46)55(3,51)52/h4-17,26,32-34H,18-25,27H2,1-3H3. The van der Waals surface area contributed by atoms with E-state index < -0.39 is 25.3 Å². The molecular weight excluding hydrogens is 747 g/mol. The Bertz CT molecular complexity index is 2590. The normalized spacial score (nSPS) is 23.0. The number of carbonyl (C=O) groups is 2. The molecule has 3 fully saturated rings. The number of hydrogen-bond donors (Lipinski definition) is 0. The van der Waals surface area contributed by atoms with E-state index in [1.54, 1.807) is 55.4 Å². The maximum atomic E-state index is 15.1. The van der Waals surface area contributed by atoms with E-state index in [1.807, 2.05) is 59.5 Å². The molecule has 9 rings (SSSR count). The SMILES string of the molecule is CC(=O)N1C2CCC1CC1(C2)C(=O)N(C)c2cnc3c(c(-c4ccccc4)c(-c4ccc(CN5CCC(S(C)(=O)=O)CC5)cc4)n3S(=O)(=O)c3ccccc3)c21. The summed E-state index contributed by atoms with van der Waals surface area (Å²) < 4.78 is 55.9. The first-order valence-corrected chi connectivity index (χ1v) is 22.7. The number of pyridine rings is 1. The molecule has 1 spiro atoms. The van der Waals surface area contributed by atoms with Crippen LogP contribution in [-0.4, -0.2) is 91.1 Å². The maximum absolute atomic E-state index is 15.1. The summed E-state index contributed by atoms with van der Waals surface area (Å²) in [4.78, 5) is 38.5. The van der Waals surface area contributed by atoms with Crippen molar-refractivity contribution in [2.45, 2.75) is 79.6 Å². The van der Waals surface area contributed by atoms with Gasteiger partial charge in [0.1, 0.15) is 9.84 Å². The zero-order chi connectivity index (χ0) is 39.1. The lowest BCUT2D eigenvalue weighted by Crippen LogP contribution is -2.54. The van der Waals surface area contributed by atoms with Crippen LogP contribution in [0.1, 0.15) is 56.6 Å². The van der Waals surface area contributed by atoms with Crippen LogP contribution in [0.3, 0.4) is 0 Å². The lowest BCUT2D eigenvalue weighted by atomic mass is 9.69. The van der Waals surface area contributed by atoms with Crippen molar-refractivity contribution in [3.05, 3.63) is 102 Å². The summed E-state index contributed by atoms with van der Waals surface area (Å²) in [6.07, 6.45) is 6.69. The van der Waals surface area contributed by atoms with Crippen molar-refractivity contribution in [1.82, 2.24) is 18.8 Å². The van der Waals surface area contributed by atoms with Crippen molar-refractivity contribution in [2.75, 3.05) is 31.3 Å². The molecule has 11 nitrogen and oxygen atoms in total. The van der Waals surface area contributed by atoms with Crippen LogP contribution in [0.2, 0.25) is 0 Å². The molecule has 2 unspecified atom stereocenters. The van der Waals surface area contributed by atoms with Crippen LogP contribution in [0.15, 0.2) is 96.0 Å². The number of sulfone groups is 1. The second-order valence-electron chi connectivity index (χ2n) is 16.1. The third-order valence-electron chi connectivity index (χ3n) is 12.7. The van der Waals surface area contributed by atoms with Gasteiger partial charge in [-0.1, -0.05) is 72.8 Å². The monoisotopic (exact) mass is 791 g/mol. The van der Waals surface area contributed by atoms with Gasteiger partial charge in [-0.05, 0) is 80.4 Å². The number of piperidine rings is 2. The average molecular weight is 792 g/mol. The lowest BCUT2D eigenvalue weighted by Gasteiger charge is -2.43. The number of aromatic nitrogens is 2. The molecule has 0 aliphatic carbocycles. The Labute approximate surface area is 327 Å². The number of fused-ring (bicyclic) bond motifs is 6. The molecule has 2 amide bonds. The first-order chi connectivity index (χ1) is 26.8. The third-order valence-corrected chi connectivity index (χ3v) is 16.1. The Morgan fingerprint density at radius 1 is 0.821 bits per heavy atom. The van der Waals surface area contributed by atoms with E-state index in [-0.39, 0.29) is 39.7 Å². The van der Waals surface area contributed by atoms with Crippen molar-refractivity contribution in [3.63, 3.8) is 0 Å². The van der Waals surface area contributed by atoms with Gasteiger partial charge in [0.15, 0.2) is 5.65 Å². The lowest BCUT2D eigenvalue weighted by molar-refractivity contribution is -0.137. The van der Waals surface area contributed by atoms with Crippen LogP contribution in [0, 0.1) is 0 Å². The van der Waals surface area contributed by atoms with E-state index in [9.17, 15) is 18.0 Å². The van der Waals surface area contributed by atoms with Gasteiger partial charge in [-0.3, -0.25) is 14.5 Å². The Kier molecular flexibility index (Phi) is 8.79. The summed E-state index contributed by atoms with van der Waals surface area (Å²) in [6.45, 7) is 3.60. The fraction of sp³-hybridized carbons (Fsp3) is 0.372. The minimum Gasteiger partial charge on any atom is -0.337 e. The first-order valence-electron chi connectivity index (χ1n) is 19.3. The minimum absolute atomic E-state index is 0.0143. The van der Waals surface area contributed by atoms with Crippen LogP contribution in [0.5, 0.6) is 0 Å². The van der Waals surface area contributed by atoms with Gasteiger partial charge in [-0.2, -0.15) is 0 Å². The molecule has 56 heavy (non-hydrogen) atoms. The highest BCUT2D eigenvalue weighted by Crippen LogP contribution is 2.58. The summed E-state index contributed by atoms with van der Waals surface area (Å²) in [5.41, 5.74) is 4.36. The van der Waals surface area contributed by atoms with E-state index in [4.69, 9.17) is 4.98 Å². The Hall–Kier alpha value is -4.85. The number of anilines is 1. The number of benzene rings is 3. The number of likely N-dealkylation sites (tertiary alicyclic amines) is 1. The molecule has 6 heterocycles. The molecule has 0 N–H and O–H groups in total. The predicted octanol–water partition coefficient (Wildman–Crippen LogP) is 6.00. The summed E-state index contributed by atoms with van der Waals surface area (Å²) in [6, 6.07) is 25.8. The third kappa shape index (κ3) is 5.72. The molecule has 5 aromatic rings. The fourth-order valence-electron chi connectivity index (χ4n) is 10.2. The van der Waals surface area contributed by atoms with Crippen molar-refractivity contribution >= 4 is 48.4 Å². The largest absolute Gasteiger partial charge is 0.337 e. The predicted molar refractivity (Wildman–Crippen MR) is 216 cm³/mol. The number of likely N-dealkylation sites (N-methyl/N-ethyl adjacent to an activating group) is 1. The highest BCUT2D eigenvalue weighted by Gasteiger charge is 2.59. The topological polar surface area (TPSA) is 130 Å². The summed E-state index contributed by atoms with van der Waals surface area (Å²) >= 11 is 0. The highest BCUT2D eigenvalue weighted by atomic mass is 32.2. The van der Waals surface area contributed by atoms with Crippen molar-refractivity contribution in [1.29, 1.82) is 0 Å². The molecule has 2 aromatic heterocycles. The Morgan fingerprint density at radius 2 is 1.43 bits per heavy atom. The molecule has 0 saturated carbocycles. The fourth-order valence-corrected chi connectivity index (χ4v) is 12.8. The van der Waals surface area contributed by atoms with E-state index in [0.29, 0.717) is 73.2 Å². The second kappa shape index (κ2) is 13.4. The number of nitrogens with zero attached hydrogens (tertiary/aromatic N) is 5. The van der Waals surface area contributed by atoms with Crippen LogP contribution in [0.25, 0.3) is 33.4 Å². The number of hydrogen-bond acceptors (Lipinski definition) is 8. The van der Waals surface area contributed by atoms with Gasteiger partial charge < -0.3 is 9.80 Å². The number of rotatable bonds is 7. The van der Waals surface area contributed by atoms with Gasteiger partial charge in [0.05, 0.1) is 33.1 Å². The van der Waals surface area contributed by atoms with Crippen molar-refractivity contribution in [2.24, 2.45) is 0 Å². The molecule has 3 saturated heterocycles. The highest BCUT2D eigenvalue weighted by molar-refractivity contribution is 7.91. The first kappa shape index (κ1) is 36.8. The number of amides is 2. The molecule has 0 radical (unpaired) electrons. The summed E-state index contributed by atoms with van der Waals surface area (Å²) in [5, 5.41) is 0.321. The van der Waals surface area contributed by atoms with E-state index in [2.05, 4.69) is 4.90 Å². The number of carbonyl (C=O) groups excluding carboxylic acids is 2. The van der Waals surface area contributed by atoms with Gasteiger partial charge in [0.25, 0.3) is 10.0 Å². The van der Waals surface area contributed by atoms with E-state index >= 15 is 8.42 Å². The van der Waals surface area contributed by atoms with Gasteiger partial charge >= 0.3 is 0 Å². The summed E-state index contributed by atoms with van der Waals surface area (Å²) in [5.74, 6) is -0.0356. The Balaban J connectivity index is 1.27. The van der Waals surface area contributed by atoms with Crippen molar-refractivity contribution in [3.8, 4) is 22.4 Å². The Morgan fingerprint density at radius 3 is 2.02 bits per heavy atom. The molecule has 4 aliphatic rings. The van der Waals surface area contributed by atoms with Crippen LogP contribution in [-0.2, 0) is 41.4 Å². The van der Waals surface area contributed by atoms with Crippen molar-refractivity contribution < 1.29 is 26.4 Å². The molecular formula is C43H45N5O6S2. The van der Waals surface area contributed by atoms with Crippen LogP contribution in [0.4, 0.5) is 5.69 Å². The molecule has 4 aliphatic heterocycles. The van der Waals surface area contributed by atoms with Gasteiger partial charge in [-0.15, -0.1) is 0 Å². The van der Waals surface area contributed by atoms with E-state index in [1.165, 1.54) is 10.2 Å². The zero-order valence-electron chi connectivity index (χ0n) is 31.8. The quantitative estimate of drug-likeness (QED) is 0.196. The molecule has 13 heteroatoms. The molecule has 3 aromatic carbocycles. The van der Waals surface area contributed by atoms with Gasteiger partial charge in [-0.25, -0.2) is 25.8 Å². The van der Waals surface area contributed by atoms with Crippen LogP contribution >= 0.6 is 0 Å². The molecule has 290 valence electrons. The van der Waals surface area contributed by atoms with E-state index in [0.717, 1.165) is 29.5 Å². The zero-order valence-corrected chi connectivity index (χ0v) is 33.4. The average Bonchev–Trinajstić information content (AvgIpc) is 3.76. The second-order valence-corrected chi connectivity index (χ2v) is 20.2. The molecule has 2 atom stereocenters. The maximum Gasteiger partial charge on any atom is 0.269 e. The van der Waals surface area contributed by atoms with Crippen LogP contribution < -0.4 is 4.90 Å². The minimum atomic E-state index is -4.25. The molecule has 2 bridgehead atoms. The van der Waals surface area contributed by atoms with Gasteiger partial charge in [0, 0.05) is 55.4 Å². The van der Waals surface area contributed by atoms with Gasteiger partial charge in [0.2, 0.25) is 11.8 Å². The summed E-state index contributed by atoms with van der Waals surface area (Å²) in [7, 11) is -5.56. The smallest absolute Gasteiger partial charge is 0.269 e.